The molecule has 1 amide bonds. The van der Waals surface area contributed by atoms with Gasteiger partial charge in [-0.25, -0.2) is 16.7 Å². The van der Waals surface area contributed by atoms with Crippen molar-refractivity contribution >= 4 is 17.6 Å². The largest absolute Gasteiger partial charge is 0.366 e. The van der Waals surface area contributed by atoms with Gasteiger partial charge in [0.05, 0.1) is 5.70 Å². The molecule has 0 saturated carbocycles. The number of nitrogens with one attached hydrogen (secondary N) is 1. The summed E-state index contributed by atoms with van der Waals surface area (Å²) in [6.45, 7) is 8.04. The number of carbonyl (C=O) groups is 1. The normalized spacial score (nSPS) is 11.1. The fourth-order valence-corrected chi connectivity index (χ4v) is 1.73. The number of nitrogens with two attached hydrogens (primary N) is 3. The zero-order chi connectivity index (χ0) is 15.3. The molecule has 0 aliphatic carbocycles. The molecule has 7 nitrogen and oxygen atoms in total. The van der Waals surface area contributed by atoms with Crippen molar-refractivity contribution < 1.29 is 4.79 Å². The van der Waals surface area contributed by atoms with Crippen LogP contribution < -0.4 is 22.8 Å². The van der Waals surface area contributed by atoms with Gasteiger partial charge in [0.15, 0.2) is 0 Å². The van der Waals surface area contributed by atoms with Crippen LogP contribution in [0.4, 0.5) is 0 Å². The Balaban J connectivity index is 3.19. The van der Waals surface area contributed by atoms with Gasteiger partial charge in [-0.05, 0) is 25.5 Å². The number of aliphatic imine (C=N–C) groups is 1. The van der Waals surface area contributed by atoms with E-state index in [0.717, 1.165) is 0 Å². The van der Waals surface area contributed by atoms with E-state index >= 15 is 0 Å². The van der Waals surface area contributed by atoms with Crippen molar-refractivity contribution in [3.05, 3.63) is 41.5 Å². The first-order chi connectivity index (χ1) is 9.42. The van der Waals surface area contributed by atoms with Crippen LogP contribution in [0.25, 0.3) is 5.70 Å². The molecular formula is C13H20N6O. The van der Waals surface area contributed by atoms with Crippen LogP contribution in [-0.4, -0.2) is 23.4 Å². The van der Waals surface area contributed by atoms with Gasteiger partial charge in [-0.3, -0.25) is 15.2 Å². The monoisotopic (exact) mass is 276 g/mol. The van der Waals surface area contributed by atoms with Crippen molar-refractivity contribution in [2.75, 3.05) is 6.54 Å². The molecule has 1 aromatic rings. The zero-order valence-corrected chi connectivity index (χ0v) is 11.7. The van der Waals surface area contributed by atoms with Crippen LogP contribution in [0.3, 0.4) is 0 Å². The molecule has 0 unspecified atom stereocenters. The molecule has 7 heteroatoms. The minimum Gasteiger partial charge on any atom is -0.366 e. The molecule has 0 aliphatic rings. The number of guanidine groups is 1. The maximum Gasteiger partial charge on any atom is 0.248 e. The Hall–Kier alpha value is -2.38. The van der Waals surface area contributed by atoms with Gasteiger partial charge in [0.2, 0.25) is 11.9 Å². The topological polar surface area (TPSA) is 123 Å². The van der Waals surface area contributed by atoms with E-state index < -0.39 is 5.91 Å². The third kappa shape index (κ3) is 3.34. The van der Waals surface area contributed by atoms with E-state index in [9.17, 15) is 4.79 Å². The van der Waals surface area contributed by atoms with E-state index in [1.54, 1.807) is 25.1 Å². The highest BCUT2D eigenvalue weighted by molar-refractivity contribution is 5.96. The number of hydrogen-bond donors (Lipinski definition) is 4. The smallest absolute Gasteiger partial charge is 0.248 e. The summed E-state index contributed by atoms with van der Waals surface area (Å²) in [5.74, 6) is 10.9. The Labute approximate surface area is 118 Å². The fraction of sp³-hybridized carbons (Fsp3) is 0.231. The third-order valence-corrected chi connectivity index (χ3v) is 2.89. The minimum atomic E-state index is -0.493. The summed E-state index contributed by atoms with van der Waals surface area (Å²) in [5, 5.41) is 1.35. The van der Waals surface area contributed by atoms with Crippen LogP contribution in [0.15, 0.2) is 29.8 Å². The van der Waals surface area contributed by atoms with Crippen molar-refractivity contribution in [1.29, 1.82) is 0 Å². The Bertz CT molecular complexity index is 552. The van der Waals surface area contributed by atoms with Crippen LogP contribution in [0.1, 0.15) is 28.4 Å². The molecule has 108 valence electrons. The van der Waals surface area contributed by atoms with Gasteiger partial charge in [-0.2, -0.15) is 0 Å². The first-order valence-corrected chi connectivity index (χ1v) is 6.08. The lowest BCUT2D eigenvalue weighted by molar-refractivity contribution is 0.0999. The summed E-state index contributed by atoms with van der Waals surface area (Å²) in [6, 6.07) is 5.18. The number of nitrogens with zero attached hydrogens (tertiary/aromatic N) is 2. The molecule has 1 rings (SSSR count). The van der Waals surface area contributed by atoms with E-state index in [2.05, 4.69) is 17.0 Å². The maximum absolute atomic E-state index is 11.3. The second-order valence-corrected chi connectivity index (χ2v) is 4.15. The molecular weight excluding hydrogens is 256 g/mol. The van der Waals surface area contributed by atoms with Crippen molar-refractivity contribution in [2.45, 2.75) is 13.8 Å². The molecule has 0 aromatic heterocycles. The highest BCUT2D eigenvalue weighted by Crippen LogP contribution is 2.21. The number of amides is 1. The van der Waals surface area contributed by atoms with Gasteiger partial charge in [0, 0.05) is 17.7 Å². The number of rotatable bonds is 4. The van der Waals surface area contributed by atoms with Gasteiger partial charge in [-0.1, -0.05) is 18.7 Å². The van der Waals surface area contributed by atoms with Gasteiger partial charge in [0.25, 0.3) is 0 Å². The Morgan fingerprint density at radius 1 is 1.45 bits per heavy atom. The Morgan fingerprint density at radius 2 is 2.05 bits per heavy atom. The van der Waals surface area contributed by atoms with Crippen LogP contribution in [0.2, 0.25) is 0 Å². The predicted molar refractivity (Wildman–Crippen MR) is 80.1 cm³/mol. The van der Waals surface area contributed by atoms with Gasteiger partial charge >= 0.3 is 0 Å². The van der Waals surface area contributed by atoms with E-state index in [1.807, 2.05) is 6.92 Å². The van der Waals surface area contributed by atoms with Crippen molar-refractivity contribution in [3.63, 3.8) is 0 Å². The molecule has 0 saturated heterocycles. The quantitative estimate of drug-likeness (QED) is 0.268. The van der Waals surface area contributed by atoms with E-state index in [4.69, 9.17) is 17.4 Å². The molecule has 0 spiro atoms. The van der Waals surface area contributed by atoms with E-state index in [0.29, 0.717) is 28.9 Å². The number of hydrogen-bond acceptors (Lipinski definition) is 4. The highest BCUT2D eigenvalue weighted by Gasteiger charge is 2.11. The molecule has 0 bridgehead atoms. The second-order valence-electron chi connectivity index (χ2n) is 4.15. The third-order valence-electron chi connectivity index (χ3n) is 2.89. The molecule has 1 aromatic carbocycles. The number of primary amides is 1. The first kappa shape index (κ1) is 15.7. The summed E-state index contributed by atoms with van der Waals surface area (Å²) in [7, 11) is 0. The molecule has 0 radical (unpaired) electrons. The zero-order valence-electron chi connectivity index (χ0n) is 11.7. The number of hydrazine groups is 2. The molecule has 0 aliphatic heterocycles. The fourth-order valence-electron chi connectivity index (χ4n) is 1.73. The van der Waals surface area contributed by atoms with Gasteiger partial charge < -0.3 is 5.73 Å². The average molecular weight is 276 g/mol. The van der Waals surface area contributed by atoms with Gasteiger partial charge in [-0.15, -0.1) is 0 Å². The number of carbonyl (C=O) groups excluding carboxylic acids is 1. The lowest BCUT2D eigenvalue weighted by Crippen LogP contribution is -2.48. The average Bonchev–Trinajstić information content (AvgIpc) is 2.43. The van der Waals surface area contributed by atoms with E-state index in [-0.39, 0.29) is 5.96 Å². The van der Waals surface area contributed by atoms with Crippen LogP contribution in [-0.2, 0) is 0 Å². The van der Waals surface area contributed by atoms with Crippen molar-refractivity contribution in [1.82, 2.24) is 10.4 Å². The SMILES string of the molecule is C=C(N=C(NN)N(N)CC)c1cccc(C(N)=O)c1C. The molecule has 0 heterocycles. The lowest BCUT2D eigenvalue weighted by atomic mass is 10.0. The standard InChI is InChI=1S/C13H20N6O/c1-4-19(16)13(18-15)17-9(3)10-6-5-7-11(8(10)2)12(14)20/h5-7H,3-4,15-16H2,1-2H3,(H2,14,20)(H,17,18). The second kappa shape index (κ2) is 6.69. The highest BCUT2D eigenvalue weighted by atomic mass is 16.1. The number of benzene rings is 1. The van der Waals surface area contributed by atoms with Gasteiger partial charge in [0.1, 0.15) is 0 Å². The first-order valence-electron chi connectivity index (χ1n) is 6.08. The molecule has 20 heavy (non-hydrogen) atoms. The summed E-state index contributed by atoms with van der Waals surface area (Å²) < 4.78 is 0. The summed E-state index contributed by atoms with van der Waals surface area (Å²) >= 11 is 0. The Morgan fingerprint density at radius 3 is 2.55 bits per heavy atom. The Kier molecular flexibility index (Phi) is 5.24. The predicted octanol–water partition coefficient (Wildman–Crippen LogP) is 0.0795. The maximum atomic E-state index is 11.3. The van der Waals surface area contributed by atoms with Crippen LogP contribution >= 0.6 is 0 Å². The van der Waals surface area contributed by atoms with Crippen LogP contribution in [0.5, 0.6) is 0 Å². The molecule has 0 atom stereocenters. The van der Waals surface area contributed by atoms with Crippen LogP contribution in [0, 0.1) is 6.92 Å². The van der Waals surface area contributed by atoms with E-state index in [1.165, 1.54) is 5.01 Å². The summed E-state index contributed by atoms with van der Waals surface area (Å²) in [5.41, 5.74) is 10.0. The summed E-state index contributed by atoms with van der Waals surface area (Å²) in [6.07, 6.45) is 0. The van der Waals surface area contributed by atoms with Crippen molar-refractivity contribution in [3.8, 4) is 0 Å². The summed E-state index contributed by atoms with van der Waals surface area (Å²) in [4.78, 5) is 15.6. The molecule has 0 fully saturated rings. The molecule has 7 N–H and O–H groups in total. The lowest BCUT2D eigenvalue weighted by Gasteiger charge is -2.18. The van der Waals surface area contributed by atoms with Crippen molar-refractivity contribution in [2.24, 2.45) is 22.4 Å². The minimum absolute atomic E-state index is 0.279.